The Morgan fingerprint density at radius 3 is 2.31 bits per heavy atom. The lowest BCUT2D eigenvalue weighted by Crippen LogP contribution is -2.14. The summed E-state index contributed by atoms with van der Waals surface area (Å²) >= 11 is 6.36. The van der Waals surface area contributed by atoms with E-state index in [0.29, 0.717) is 8.95 Å². The van der Waals surface area contributed by atoms with Gasteiger partial charge < -0.3 is 5.11 Å². The van der Waals surface area contributed by atoms with Gasteiger partial charge in [0.15, 0.2) is 0 Å². The number of aryl methyl sites for hydroxylation is 1. The Morgan fingerprint density at radius 1 is 1.25 bits per heavy atom. The van der Waals surface area contributed by atoms with Gasteiger partial charge in [-0.1, -0.05) is 31.9 Å². The van der Waals surface area contributed by atoms with Crippen LogP contribution < -0.4 is 0 Å². The fourth-order valence-corrected chi connectivity index (χ4v) is 2.33. The topological polar surface area (TPSA) is 20.2 Å². The third kappa shape index (κ3) is 3.75. The van der Waals surface area contributed by atoms with Crippen molar-refractivity contribution < 1.29 is 18.3 Å². The molecule has 0 aliphatic heterocycles. The summed E-state index contributed by atoms with van der Waals surface area (Å²) in [5.41, 5.74) is 1.12. The second-order valence-corrected chi connectivity index (χ2v) is 5.17. The number of benzene rings is 1. The molecule has 0 radical (unpaired) electrons. The zero-order valence-corrected chi connectivity index (χ0v) is 11.4. The van der Waals surface area contributed by atoms with E-state index in [2.05, 4.69) is 31.9 Å². The number of halogens is 5. The van der Waals surface area contributed by atoms with Crippen LogP contribution in [0, 0.1) is 6.92 Å². The number of alkyl halides is 3. The van der Waals surface area contributed by atoms with Gasteiger partial charge in [0.2, 0.25) is 0 Å². The van der Waals surface area contributed by atoms with E-state index < -0.39 is 18.7 Å². The summed E-state index contributed by atoms with van der Waals surface area (Å²) in [6, 6.07) is 3.16. The molecule has 0 amide bonds. The third-order valence-electron chi connectivity index (χ3n) is 2.06. The van der Waals surface area contributed by atoms with Crippen LogP contribution >= 0.6 is 31.9 Å². The van der Waals surface area contributed by atoms with Crippen LogP contribution in [0.1, 0.15) is 23.7 Å². The van der Waals surface area contributed by atoms with Crippen LogP contribution in [0.15, 0.2) is 21.1 Å². The van der Waals surface area contributed by atoms with Crippen molar-refractivity contribution in [1.82, 2.24) is 0 Å². The van der Waals surface area contributed by atoms with Gasteiger partial charge in [-0.15, -0.1) is 0 Å². The van der Waals surface area contributed by atoms with Gasteiger partial charge in [-0.25, -0.2) is 0 Å². The van der Waals surface area contributed by atoms with E-state index in [4.69, 9.17) is 0 Å². The molecule has 1 nitrogen and oxygen atoms in total. The van der Waals surface area contributed by atoms with Crippen LogP contribution in [0.5, 0.6) is 0 Å². The van der Waals surface area contributed by atoms with Crippen molar-refractivity contribution in [3.8, 4) is 0 Å². The number of aliphatic hydroxyl groups is 1. The third-order valence-corrected chi connectivity index (χ3v) is 3.60. The average molecular weight is 362 g/mol. The summed E-state index contributed by atoms with van der Waals surface area (Å²) in [4.78, 5) is 0. The van der Waals surface area contributed by atoms with Crippen molar-refractivity contribution in [2.75, 3.05) is 0 Å². The Bertz CT molecular complexity index is 390. The molecule has 16 heavy (non-hydrogen) atoms. The first-order valence-electron chi connectivity index (χ1n) is 4.41. The first kappa shape index (κ1) is 14.0. The molecule has 6 heteroatoms. The van der Waals surface area contributed by atoms with E-state index in [9.17, 15) is 18.3 Å². The quantitative estimate of drug-likeness (QED) is 0.821. The average Bonchev–Trinajstić information content (AvgIpc) is 2.08. The predicted molar refractivity (Wildman–Crippen MR) is 62.2 cm³/mol. The van der Waals surface area contributed by atoms with Gasteiger partial charge in [-0.2, -0.15) is 13.2 Å². The zero-order valence-electron chi connectivity index (χ0n) is 8.28. The molecular formula is C10H9Br2F3O. The maximum absolute atomic E-state index is 12.1. The van der Waals surface area contributed by atoms with E-state index in [1.54, 1.807) is 6.07 Å². The maximum atomic E-state index is 12.1. The molecule has 90 valence electrons. The van der Waals surface area contributed by atoms with Crippen LogP contribution in [0.3, 0.4) is 0 Å². The standard InChI is InChI=1S/C10H9Br2F3O/c1-5-2-8(12)6(3-7(5)11)9(16)4-10(13,14)15/h2-3,9,16H,4H2,1H3. The maximum Gasteiger partial charge on any atom is 0.391 e. The van der Waals surface area contributed by atoms with Gasteiger partial charge in [-0.3, -0.25) is 0 Å². The Hall–Kier alpha value is -0.0700. The van der Waals surface area contributed by atoms with Crippen LogP contribution in [0.25, 0.3) is 0 Å². The lowest BCUT2D eigenvalue weighted by molar-refractivity contribution is -0.154. The van der Waals surface area contributed by atoms with E-state index >= 15 is 0 Å². The fourth-order valence-electron chi connectivity index (χ4n) is 1.25. The number of hydrogen-bond donors (Lipinski definition) is 1. The predicted octanol–water partition coefficient (Wildman–Crippen LogP) is 4.51. The highest BCUT2D eigenvalue weighted by Gasteiger charge is 2.32. The molecular weight excluding hydrogens is 353 g/mol. The second-order valence-electron chi connectivity index (χ2n) is 3.46. The minimum Gasteiger partial charge on any atom is -0.388 e. The van der Waals surface area contributed by atoms with Crippen LogP contribution in [-0.2, 0) is 0 Å². The molecule has 0 fully saturated rings. The second kappa shape index (κ2) is 5.06. The minimum absolute atomic E-state index is 0.231. The molecule has 1 N–H and O–H groups in total. The fraction of sp³-hybridized carbons (Fsp3) is 0.400. The highest BCUT2D eigenvalue weighted by Crippen LogP contribution is 2.35. The van der Waals surface area contributed by atoms with Crippen molar-refractivity contribution >= 4 is 31.9 Å². The van der Waals surface area contributed by atoms with Crippen molar-refractivity contribution in [3.05, 3.63) is 32.2 Å². The first-order chi connectivity index (χ1) is 7.20. The Morgan fingerprint density at radius 2 is 1.81 bits per heavy atom. The van der Waals surface area contributed by atoms with Gasteiger partial charge in [0.05, 0.1) is 12.5 Å². The van der Waals surface area contributed by atoms with Crippen molar-refractivity contribution in [2.45, 2.75) is 25.6 Å². The molecule has 0 saturated carbocycles. The molecule has 0 bridgehead atoms. The van der Waals surface area contributed by atoms with E-state index in [1.807, 2.05) is 6.92 Å². The number of rotatable bonds is 2. The van der Waals surface area contributed by atoms with Gasteiger partial charge in [-0.05, 0) is 30.2 Å². The Balaban J connectivity index is 3.00. The van der Waals surface area contributed by atoms with Crippen LogP contribution in [0.4, 0.5) is 13.2 Å². The highest BCUT2D eigenvalue weighted by atomic mass is 79.9. The molecule has 1 atom stereocenters. The normalized spacial score (nSPS) is 13.9. The summed E-state index contributed by atoms with van der Waals surface area (Å²) < 4.78 is 37.5. The molecule has 1 unspecified atom stereocenters. The lowest BCUT2D eigenvalue weighted by Gasteiger charge is -2.16. The molecule has 0 heterocycles. The summed E-state index contributed by atoms with van der Waals surface area (Å²) in [5.74, 6) is 0. The first-order valence-corrected chi connectivity index (χ1v) is 5.99. The Labute approximate surface area is 108 Å². The molecule has 0 saturated heterocycles. The van der Waals surface area contributed by atoms with Gasteiger partial charge in [0.25, 0.3) is 0 Å². The largest absolute Gasteiger partial charge is 0.391 e. The summed E-state index contributed by atoms with van der Waals surface area (Å²) in [5, 5.41) is 9.48. The lowest BCUT2D eigenvalue weighted by atomic mass is 10.0. The monoisotopic (exact) mass is 360 g/mol. The SMILES string of the molecule is Cc1cc(Br)c(C(O)CC(F)(F)F)cc1Br. The Kier molecular flexibility index (Phi) is 4.42. The smallest absolute Gasteiger partial charge is 0.388 e. The van der Waals surface area contributed by atoms with Crippen molar-refractivity contribution in [3.63, 3.8) is 0 Å². The minimum atomic E-state index is -4.38. The van der Waals surface area contributed by atoms with E-state index in [-0.39, 0.29) is 5.56 Å². The van der Waals surface area contributed by atoms with Crippen molar-refractivity contribution in [1.29, 1.82) is 0 Å². The summed E-state index contributed by atoms with van der Waals surface area (Å²) in [6.07, 6.45) is -7.18. The van der Waals surface area contributed by atoms with Crippen LogP contribution in [0.2, 0.25) is 0 Å². The highest BCUT2D eigenvalue weighted by molar-refractivity contribution is 9.11. The molecule has 1 aromatic carbocycles. The molecule has 0 spiro atoms. The van der Waals surface area contributed by atoms with Crippen molar-refractivity contribution in [2.24, 2.45) is 0 Å². The molecule has 0 aromatic heterocycles. The van der Waals surface area contributed by atoms with Gasteiger partial charge >= 0.3 is 6.18 Å². The number of aliphatic hydroxyl groups excluding tert-OH is 1. The van der Waals surface area contributed by atoms with E-state index in [1.165, 1.54) is 6.07 Å². The molecule has 0 aliphatic carbocycles. The van der Waals surface area contributed by atoms with Gasteiger partial charge in [0, 0.05) is 8.95 Å². The number of hydrogen-bond acceptors (Lipinski definition) is 1. The molecule has 0 aliphatic rings. The zero-order chi connectivity index (χ0) is 12.5. The summed E-state index contributed by atoms with van der Waals surface area (Å²) in [7, 11) is 0. The summed E-state index contributed by atoms with van der Waals surface area (Å²) in [6.45, 7) is 1.81. The van der Waals surface area contributed by atoms with E-state index in [0.717, 1.165) is 5.56 Å². The van der Waals surface area contributed by atoms with Crippen LogP contribution in [-0.4, -0.2) is 11.3 Å². The molecule has 1 rings (SSSR count). The van der Waals surface area contributed by atoms with Gasteiger partial charge in [0.1, 0.15) is 0 Å². The molecule has 1 aromatic rings.